The minimum Gasteiger partial charge on any atom is -0.508 e. The molecule has 0 aromatic heterocycles. The van der Waals surface area contributed by atoms with E-state index in [0.717, 1.165) is 12.0 Å². The fraction of sp³-hybridized carbons (Fsp3) is 0.720. The fourth-order valence-corrected chi connectivity index (χ4v) is 4.61. The number of rotatable bonds is 9. The van der Waals surface area contributed by atoms with Crippen molar-refractivity contribution in [3.63, 3.8) is 0 Å². The van der Waals surface area contributed by atoms with Crippen LogP contribution in [0.3, 0.4) is 0 Å². The maximum absolute atomic E-state index is 11.9. The van der Waals surface area contributed by atoms with Crippen molar-refractivity contribution in [1.82, 2.24) is 0 Å². The standard InChI is InChI=1S/C25H42O3S/c1-9-10-20(23(3,4)5)15-21(24(6,7)8)17-25(29,28-18(2)26)16-19-11-13-22(27)14-12-19/h11-14,20-21,27,29H,9-10,15-17H2,1-8H3. The van der Waals surface area contributed by atoms with Gasteiger partial charge in [0, 0.05) is 19.8 Å². The summed E-state index contributed by atoms with van der Waals surface area (Å²) in [5.41, 5.74) is 1.30. The summed E-state index contributed by atoms with van der Waals surface area (Å²) in [5, 5.41) is 9.57. The molecule has 0 heterocycles. The molecular weight excluding hydrogens is 380 g/mol. The summed E-state index contributed by atoms with van der Waals surface area (Å²) in [6.45, 7) is 17.5. The van der Waals surface area contributed by atoms with Gasteiger partial charge in [-0.25, -0.2) is 0 Å². The molecule has 0 aliphatic carbocycles. The zero-order valence-electron chi connectivity index (χ0n) is 19.7. The first-order valence-corrected chi connectivity index (χ1v) is 11.3. The van der Waals surface area contributed by atoms with Gasteiger partial charge in [0.15, 0.2) is 4.93 Å². The molecule has 0 bridgehead atoms. The molecule has 3 atom stereocenters. The summed E-state index contributed by atoms with van der Waals surface area (Å²) in [6.07, 6.45) is 4.65. The minimum absolute atomic E-state index is 0.0698. The molecule has 0 aliphatic rings. The number of benzene rings is 1. The molecule has 1 aromatic carbocycles. The van der Waals surface area contributed by atoms with Gasteiger partial charge < -0.3 is 9.84 Å². The number of aromatic hydroxyl groups is 1. The molecule has 3 unspecified atom stereocenters. The third-order valence-electron chi connectivity index (χ3n) is 5.97. The average molecular weight is 423 g/mol. The van der Waals surface area contributed by atoms with Gasteiger partial charge in [0.2, 0.25) is 0 Å². The molecule has 166 valence electrons. The SMILES string of the molecule is CCCC(CC(CC(S)(Cc1ccc(O)cc1)OC(C)=O)C(C)(C)C)C(C)(C)C. The molecular formula is C25H42O3S. The molecule has 0 spiro atoms. The van der Waals surface area contributed by atoms with E-state index in [-0.39, 0.29) is 22.5 Å². The molecule has 29 heavy (non-hydrogen) atoms. The number of thiol groups is 1. The lowest BCUT2D eigenvalue weighted by Crippen LogP contribution is -2.38. The van der Waals surface area contributed by atoms with Crippen molar-refractivity contribution in [1.29, 1.82) is 0 Å². The van der Waals surface area contributed by atoms with Gasteiger partial charge >= 0.3 is 5.97 Å². The Hall–Kier alpha value is -1.16. The first-order valence-electron chi connectivity index (χ1n) is 10.9. The molecule has 1 rings (SSSR count). The number of hydrogen-bond acceptors (Lipinski definition) is 4. The lowest BCUT2D eigenvalue weighted by Gasteiger charge is -2.42. The maximum atomic E-state index is 11.9. The fourth-order valence-electron chi connectivity index (χ4n) is 4.07. The zero-order valence-corrected chi connectivity index (χ0v) is 20.6. The van der Waals surface area contributed by atoms with E-state index in [2.05, 4.69) is 48.5 Å². The van der Waals surface area contributed by atoms with Crippen LogP contribution in [0.5, 0.6) is 5.75 Å². The second kappa shape index (κ2) is 10.2. The number of carbonyl (C=O) groups is 1. The predicted octanol–water partition coefficient (Wildman–Crippen LogP) is 7.03. The van der Waals surface area contributed by atoms with Gasteiger partial charge in [-0.05, 0) is 46.8 Å². The van der Waals surface area contributed by atoms with Gasteiger partial charge in [-0.3, -0.25) is 4.79 Å². The highest BCUT2D eigenvalue weighted by atomic mass is 32.1. The van der Waals surface area contributed by atoms with Crippen LogP contribution in [0.1, 0.15) is 86.6 Å². The molecule has 0 radical (unpaired) electrons. The second-order valence-electron chi connectivity index (χ2n) is 10.7. The minimum atomic E-state index is -0.880. The maximum Gasteiger partial charge on any atom is 0.304 e. The van der Waals surface area contributed by atoms with Gasteiger partial charge in [-0.1, -0.05) is 73.4 Å². The van der Waals surface area contributed by atoms with Crippen molar-refractivity contribution in [2.45, 2.75) is 92.4 Å². The molecule has 0 amide bonds. The molecule has 0 saturated heterocycles. The van der Waals surface area contributed by atoms with Gasteiger partial charge in [0.1, 0.15) is 5.75 Å². The number of carbonyl (C=O) groups excluding carboxylic acids is 1. The van der Waals surface area contributed by atoms with Crippen molar-refractivity contribution in [3.05, 3.63) is 29.8 Å². The lowest BCUT2D eigenvalue weighted by atomic mass is 9.66. The molecule has 0 fully saturated rings. The first kappa shape index (κ1) is 25.9. The van der Waals surface area contributed by atoms with Crippen LogP contribution in [0, 0.1) is 22.7 Å². The molecule has 1 aromatic rings. The Morgan fingerprint density at radius 2 is 1.55 bits per heavy atom. The van der Waals surface area contributed by atoms with E-state index in [1.807, 2.05) is 12.1 Å². The Morgan fingerprint density at radius 1 is 1.03 bits per heavy atom. The Morgan fingerprint density at radius 3 is 1.97 bits per heavy atom. The number of phenolic OH excluding ortho intramolecular Hbond substituents is 1. The van der Waals surface area contributed by atoms with Gasteiger partial charge in [0.25, 0.3) is 0 Å². The van der Waals surface area contributed by atoms with Crippen molar-refractivity contribution in [2.24, 2.45) is 22.7 Å². The van der Waals surface area contributed by atoms with Crippen LogP contribution in [0.4, 0.5) is 0 Å². The van der Waals surface area contributed by atoms with E-state index in [9.17, 15) is 9.90 Å². The van der Waals surface area contributed by atoms with E-state index in [0.29, 0.717) is 24.7 Å². The Bertz CT molecular complexity index is 640. The predicted molar refractivity (Wildman–Crippen MR) is 125 cm³/mol. The lowest BCUT2D eigenvalue weighted by molar-refractivity contribution is -0.150. The van der Waals surface area contributed by atoms with Crippen LogP contribution in [0.2, 0.25) is 0 Å². The number of phenols is 1. The van der Waals surface area contributed by atoms with E-state index in [1.54, 1.807) is 12.1 Å². The highest BCUT2D eigenvalue weighted by molar-refractivity contribution is 7.81. The summed E-state index contributed by atoms with van der Waals surface area (Å²) >= 11 is 4.91. The van der Waals surface area contributed by atoms with Gasteiger partial charge in [0.05, 0.1) is 0 Å². The second-order valence-corrected chi connectivity index (χ2v) is 11.6. The Kier molecular flexibility index (Phi) is 9.13. The van der Waals surface area contributed by atoms with E-state index in [4.69, 9.17) is 17.4 Å². The molecule has 3 nitrogen and oxygen atoms in total. The van der Waals surface area contributed by atoms with Crippen LogP contribution < -0.4 is 0 Å². The Labute approximate surface area is 184 Å². The molecule has 0 saturated carbocycles. The monoisotopic (exact) mass is 422 g/mol. The topological polar surface area (TPSA) is 46.5 Å². The molecule has 0 aliphatic heterocycles. The third-order valence-corrected chi connectivity index (χ3v) is 6.40. The first-order chi connectivity index (χ1) is 13.2. The number of ether oxygens (including phenoxy) is 1. The zero-order chi connectivity index (χ0) is 22.5. The average Bonchev–Trinajstić information content (AvgIpc) is 2.53. The largest absolute Gasteiger partial charge is 0.508 e. The van der Waals surface area contributed by atoms with Crippen LogP contribution in [-0.2, 0) is 16.0 Å². The normalized spacial score (nSPS) is 16.7. The van der Waals surface area contributed by atoms with Crippen molar-refractivity contribution in [3.8, 4) is 5.75 Å². The number of hydrogen-bond donors (Lipinski definition) is 2. The third kappa shape index (κ3) is 9.02. The summed E-state index contributed by atoms with van der Waals surface area (Å²) in [7, 11) is 0. The van der Waals surface area contributed by atoms with Gasteiger partial charge in [-0.2, -0.15) is 0 Å². The van der Waals surface area contributed by atoms with E-state index < -0.39 is 4.93 Å². The van der Waals surface area contributed by atoms with E-state index >= 15 is 0 Å². The molecule has 1 N–H and O–H groups in total. The number of esters is 1. The van der Waals surface area contributed by atoms with Gasteiger partial charge in [-0.15, -0.1) is 12.6 Å². The van der Waals surface area contributed by atoms with Crippen molar-refractivity contribution < 1.29 is 14.6 Å². The van der Waals surface area contributed by atoms with E-state index in [1.165, 1.54) is 19.8 Å². The summed E-state index contributed by atoms with van der Waals surface area (Å²) in [6, 6.07) is 7.06. The van der Waals surface area contributed by atoms with Crippen molar-refractivity contribution >= 4 is 18.6 Å². The summed E-state index contributed by atoms with van der Waals surface area (Å²) in [4.78, 5) is 11.0. The van der Waals surface area contributed by atoms with Crippen molar-refractivity contribution in [2.75, 3.05) is 0 Å². The van der Waals surface area contributed by atoms with Crippen LogP contribution >= 0.6 is 12.6 Å². The van der Waals surface area contributed by atoms with Crippen LogP contribution in [-0.4, -0.2) is 16.0 Å². The summed E-state index contributed by atoms with van der Waals surface area (Å²) in [5.74, 6) is 0.867. The highest BCUT2D eigenvalue weighted by Gasteiger charge is 2.39. The van der Waals surface area contributed by atoms with Crippen LogP contribution in [0.15, 0.2) is 24.3 Å². The Balaban J connectivity index is 3.17. The summed E-state index contributed by atoms with van der Waals surface area (Å²) < 4.78 is 5.79. The molecule has 4 heteroatoms. The van der Waals surface area contributed by atoms with Crippen LogP contribution in [0.25, 0.3) is 0 Å². The quantitative estimate of drug-likeness (QED) is 0.255. The smallest absolute Gasteiger partial charge is 0.304 e. The highest BCUT2D eigenvalue weighted by Crippen LogP contribution is 2.45.